The fourth-order valence-electron chi connectivity index (χ4n) is 4.45. The molecule has 2 atom stereocenters. The van der Waals surface area contributed by atoms with Gasteiger partial charge in [0.1, 0.15) is 5.82 Å². The van der Waals surface area contributed by atoms with Crippen molar-refractivity contribution >= 4 is 26.8 Å². The minimum absolute atomic E-state index is 0.114. The second kappa shape index (κ2) is 9.07. The summed E-state index contributed by atoms with van der Waals surface area (Å²) in [4.78, 5) is 33.9. The van der Waals surface area contributed by atoms with E-state index in [0.29, 0.717) is 47.2 Å². The van der Waals surface area contributed by atoms with Crippen molar-refractivity contribution in [1.29, 1.82) is 0 Å². The molecule has 2 aromatic carbocycles. The molecule has 0 saturated carbocycles. The molecule has 33 heavy (non-hydrogen) atoms. The van der Waals surface area contributed by atoms with Crippen LogP contribution >= 0.6 is 0 Å². The summed E-state index contributed by atoms with van der Waals surface area (Å²) in [5, 5.41) is 0.490. The number of para-hydroxylation sites is 1. The Morgan fingerprint density at radius 1 is 1.09 bits per heavy atom. The number of H-pyrrole nitrogens is 1. The molecule has 1 N–H and O–H groups in total. The van der Waals surface area contributed by atoms with Crippen LogP contribution in [-0.4, -0.2) is 53.6 Å². The maximum Gasteiger partial charge on any atom is 0.258 e. The van der Waals surface area contributed by atoms with E-state index < -0.39 is 10.0 Å². The molecule has 3 aromatic rings. The molecule has 1 aliphatic rings. The second-order valence-corrected chi connectivity index (χ2v) is 10.9. The van der Waals surface area contributed by atoms with Crippen LogP contribution in [0.2, 0.25) is 0 Å². The Kier molecular flexibility index (Phi) is 6.36. The van der Waals surface area contributed by atoms with Crippen LogP contribution in [-0.2, 0) is 16.6 Å². The number of nitrogens with zero attached hydrogens (tertiary/aromatic N) is 3. The van der Waals surface area contributed by atoms with Gasteiger partial charge in [0.15, 0.2) is 0 Å². The van der Waals surface area contributed by atoms with Gasteiger partial charge in [0.2, 0.25) is 10.0 Å². The maximum absolute atomic E-state index is 13.1. The molecule has 9 heteroatoms. The van der Waals surface area contributed by atoms with E-state index in [2.05, 4.69) is 23.8 Å². The lowest BCUT2D eigenvalue weighted by Gasteiger charge is -2.34. The monoisotopic (exact) mass is 468 g/mol. The van der Waals surface area contributed by atoms with Crippen LogP contribution in [0.25, 0.3) is 10.9 Å². The van der Waals surface area contributed by atoms with E-state index in [0.717, 1.165) is 6.42 Å². The van der Waals surface area contributed by atoms with Crippen molar-refractivity contribution in [3.8, 4) is 0 Å². The number of benzene rings is 2. The molecule has 2 unspecified atom stereocenters. The molecular formula is C24H28N4O4S. The smallest absolute Gasteiger partial charge is 0.258 e. The first-order valence-corrected chi connectivity index (χ1v) is 12.4. The summed E-state index contributed by atoms with van der Waals surface area (Å²) < 4.78 is 27.7. The van der Waals surface area contributed by atoms with E-state index in [1.54, 1.807) is 31.3 Å². The van der Waals surface area contributed by atoms with Crippen molar-refractivity contribution in [2.75, 3.05) is 20.1 Å². The summed E-state index contributed by atoms with van der Waals surface area (Å²) in [5.74, 6) is 0.707. The van der Waals surface area contributed by atoms with Gasteiger partial charge in [0, 0.05) is 25.7 Å². The highest BCUT2D eigenvalue weighted by Crippen LogP contribution is 2.27. The largest absolute Gasteiger partial charge is 0.334 e. The second-order valence-electron chi connectivity index (χ2n) is 8.98. The first kappa shape index (κ1) is 23.1. The molecule has 0 radical (unpaired) electrons. The third-order valence-electron chi connectivity index (χ3n) is 5.97. The third-order valence-corrected chi connectivity index (χ3v) is 7.82. The zero-order valence-corrected chi connectivity index (χ0v) is 19.8. The third kappa shape index (κ3) is 4.84. The number of fused-ring (bicyclic) bond motifs is 1. The molecule has 0 spiro atoms. The Morgan fingerprint density at radius 3 is 2.39 bits per heavy atom. The molecule has 1 fully saturated rings. The highest BCUT2D eigenvalue weighted by Gasteiger charge is 2.31. The van der Waals surface area contributed by atoms with Crippen LogP contribution < -0.4 is 5.56 Å². The van der Waals surface area contributed by atoms with Crippen molar-refractivity contribution in [1.82, 2.24) is 19.2 Å². The molecular weight excluding hydrogens is 440 g/mol. The Balaban J connectivity index is 1.49. The standard InChI is InChI=1S/C24H28N4O4S/c1-16-12-17(2)14-28(13-16)33(31,32)19-10-8-18(9-11-19)24(30)27(3)15-22-25-21-7-5-4-6-20(21)23(29)26-22/h4-11,16-17H,12-15H2,1-3H3,(H,25,26,29). The summed E-state index contributed by atoms with van der Waals surface area (Å²) in [6, 6.07) is 13.0. The average molecular weight is 469 g/mol. The van der Waals surface area contributed by atoms with E-state index >= 15 is 0 Å². The highest BCUT2D eigenvalue weighted by molar-refractivity contribution is 7.89. The van der Waals surface area contributed by atoms with Gasteiger partial charge in [-0.1, -0.05) is 26.0 Å². The average Bonchev–Trinajstić information content (AvgIpc) is 2.78. The molecule has 1 aliphatic heterocycles. The number of aromatic nitrogens is 2. The van der Waals surface area contributed by atoms with Gasteiger partial charge in [0.25, 0.3) is 11.5 Å². The zero-order chi connectivity index (χ0) is 23.8. The lowest BCUT2D eigenvalue weighted by Crippen LogP contribution is -2.42. The van der Waals surface area contributed by atoms with Crippen LogP contribution in [0.4, 0.5) is 0 Å². The summed E-state index contributed by atoms with van der Waals surface area (Å²) >= 11 is 0. The van der Waals surface area contributed by atoms with Crippen LogP contribution in [0.5, 0.6) is 0 Å². The van der Waals surface area contributed by atoms with Gasteiger partial charge in [-0.25, -0.2) is 13.4 Å². The van der Waals surface area contributed by atoms with Gasteiger partial charge in [0.05, 0.1) is 22.3 Å². The van der Waals surface area contributed by atoms with E-state index in [4.69, 9.17) is 0 Å². The number of aromatic amines is 1. The first-order valence-electron chi connectivity index (χ1n) is 11.0. The Labute approximate surface area is 193 Å². The quantitative estimate of drug-likeness (QED) is 0.620. The van der Waals surface area contributed by atoms with Crippen molar-refractivity contribution in [2.45, 2.75) is 31.7 Å². The number of carbonyl (C=O) groups excluding carboxylic acids is 1. The van der Waals surface area contributed by atoms with Gasteiger partial charge in [-0.2, -0.15) is 4.31 Å². The molecule has 0 bridgehead atoms. The summed E-state index contributed by atoms with van der Waals surface area (Å²) in [6.07, 6.45) is 1.02. The van der Waals surface area contributed by atoms with Gasteiger partial charge in [-0.3, -0.25) is 9.59 Å². The minimum Gasteiger partial charge on any atom is -0.334 e. The lowest BCUT2D eigenvalue weighted by atomic mass is 9.94. The Morgan fingerprint density at radius 2 is 1.73 bits per heavy atom. The molecule has 4 rings (SSSR count). The molecule has 1 aromatic heterocycles. The topological polar surface area (TPSA) is 103 Å². The predicted octanol–water partition coefficient (Wildman–Crippen LogP) is 2.86. The van der Waals surface area contributed by atoms with Gasteiger partial charge < -0.3 is 9.88 Å². The number of amides is 1. The number of rotatable bonds is 5. The van der Waals surface area contributed by atoms with Crippen LogP contribution in [0.15, 0.2) is 58.2 Å². The summed E-state index contributed by atoms with van der Waals surface area (Å²) in [5.41, 5.74) is 0.667. The minimum atomic E-state index is -3.61. The summed E-state index contributed by atoms with van der Waals surface area (Å²) in [6.45, 7) is 5.25. The molecule has 1 saturated heterocycles. The lowest BCUT2D eigenvalue weighted by molar-refractivity contribution is 0.0781. The van der Waals surface area contributed by atoms with Crippen molar-refractivity contribution in [3.63, 3.8) is 0 Å². The highest BCUT2D eigenvalue weighted by atomic mass is 32.2. The molecule has 2 heterocycles. The van der Waals surface area contributed by atoms with Crippen LogP contribution in [0, 0.1) is 11.8 Å². The van der Waals surface area contributed by atoms with Gasteiger partial charge in [-0.15, -0.1) is 0 Å². The predicted molar refractivity (Wildman–Crippen MR) is 126 cm³/mol. The Hall–Kier alpha value is -3.04. The Bertz CT molecular complexity index is 1320. The van der Waals surface area contributed by atoms with Crippen LogP contribution in [0.3, 0.4) is 0 Å². The number of sulfonamides is 1. The van der Waals surface area contributed by atoms with Gasteiger partial charge in [-0.05, 0) is 54.7 Å². The van der Waals surface area contributed by atoms with Crippen LogP contribution in [0.1, 0.15) is 36.5 Å². The number of hydrogen-bond donors (Lipinski definition) is 1. The number of nitrogens with one attached hydrogen (secondary N) is 1. The molecule has 8 nitrogen and oxygen atoms in total. The van der Waals surface area contributed by atoms with E-state index in [1.807, 2.05) is 0 Å². The molecule has 1 amide bonds. The number of hydrogen-bond acceptors (Lipinski definition) is 5. The fourth-order valence-corrected chi connectivity index (χ4v) is 6.13. The zero-order valence-electron chi connectivity index (χ0n) is 19.0. The normalized spacial score (nSPS) is 19.5. The van der Waals surface area contributed by atoms with E-state index in [1.165, 1.54) is 33.5 Å². The molecule has 0 aliphatic carbocycles. The summed E-state index contributed by atoms with van der Waals surface area (Å²) in [7, 11) is -2.00. The van der Waals surface area contributed by atoms with Crippen molar-refractivity contribution < 1.29 is 13.2 Å². The first-order chi connectivity index (χ1) is 15.6. The van der Waals surface area contributed by atoms with Crippen molar-refractivity contribution in [3.05, 3.63) is 70.3 Å². The maximum atomic E-state index is 13.1. The van der Waals surface area contributed by atoms with Crippen molar-refractivity contribution in [2.24, 2.45) is 11.8 Å². The fraction of sp³-hybridized carbons (Fsp3) is 0.375. The van der Waals surface area contributed by atoms with Gasteiger partial charge >= 0.3 is 0 Å². The number of carbonyl (C=O) groups is 1. The van der Waals surface area contributed by atoms with E-state index in [-0.39, 0.29) is 22.9 Å². The van der Waals surface area contributed by atoms with E-state index in [9.17, 15) is 18.0 Å². The SMILES string of the molecule is CC1CC(C)CN(S(=O)(=O)c2ccc(C(=O)N(C)Cc3nc4ccccc4c(=O)[nH]3)cc2)C1. The molecule has 174 valence electrons. The number of piperidine rings is 1.